The molecule has 2 N–H and O–H groups in total. The Balaban J connectivity index is 1.41. The monoisotopic (exact) mass is 320 g/mol. The number of anilines is 1. The van der Waals surface area contributed by atoms with E-state index in [1.165, 1.54) is 12.1 Å². The van der Waals surface area contributed by atoms with E-state index in [0.717, 1.165) is 18.5 Å². The SMILES string of the molecule is O=C(NCC(=O)N1CCN(c2ccc(F)cc2)CC1)NC1CC1. The fourth-order valence-electron chi connectivity index (χ4n) is 2.60. The molecule has 7 heteroatoms. The molecule has 2 fully saturated rings. The van der Waals surface area contributed by atoms with Crippen LogP contribution >= 0.6 is 0 Å². The first-order valence-corrected chi connectivity index (χ1v) is 7.94. The van der Waals surface area contributed by atoms with Gasteiger partial charge in [0.1, 0.15) is 5.82 Å². The van der Waals surface area contributed by atoms with Crippen LogP contribution in [0.5, 0.6) is 0 Å². The number of piperazine rings is 1. The van der Waals surface area contributed by atoms with Crippen molar-refractivity contribution in [2.75, 3.05) is 37.6 Å². The average molecular weight is 320 g/mol. The van der Waals surface area contributed by atoms with Crippen LogP contribution in [0.1, 0.15) is 12.8 Å². The average Bonchev–Trinajstić information content (AvgIpc) is 3.37. The van der Waals surface area contributed by atoms with E-state index >= 15 is 0 Å². The van der Waals surface area contributed by atoms with Gasteiger partial charge in [0.2, 0.25) is 5.91 Å². The Morgan fingerprint density at radius 1 is 1.09 bits per heavy atom. The fourth-order valence-corrected chi connectivity index (χ4v) is 2.60. The summed E-state index contributed by atoms with van der Waals surface area (Å²) in [6.07, 6.45) is 2.04. The van der Waals surface area contributed by atoms with Crippen molar-refractivity contribution in [3.8, 4) is 0 Å². The van der Waals surface area contributed by atoms with Crippen LogP contribution in [0.3, 0.4) is 0 Å². The predicted molar refractivity (Wildman–Crippen MR) is 84.7 cm³/mol. The topological polar surface area (TPSA) is 64.7 Å². The first-order valence-electron chi connectivity index (χ1n) is 7.94. The van der Waals surface area contributed by atoms with Gasteiger partial charge in [0.25, 0.3) is 0 Å². The number of nitrogens with one attached hydrogen (secondary N) is 2. The molecule has 1 saturated carbocycles. The molecule has 3 amide bonds. The third-order valence-electron chi connectivity index (χ3n) is 4.14. The van der Waals surface area contributed by atoms with Crippen molar-refractivity contribution >= 4 is 17.6 Å². The van der Waals surface area contributed by atoms with Gasteiger partial charge in [-0.1, -0.05) is 0 Å². The standard InChI is InChI=1S/C16H21FN4O2/c17-12-1-5-14(6-2-12)20-7-9-21(10-8-20)15(22)11-18-16(23)19-13-3-4-13/h1-2,5-6,13H,3-4,7-11H2,(H2,18,19,23). The summed E-state index contributed by atoms with van der Waals surface area (Å²) in [5, 5.41) is 5.39. The second-order valence-electron chi connectivity index (χ2n) is 5.95. The fraction of sp³-hybridized carbons (Fsp3) is 0.500. The minimum Gasteiger partial charge on any atom is -0.368 e. The zero-order valence-corrected chi connectivity index (χ0v) is 12.9. The first-order chi connectivity index (χ1) is 11.1. The van der Waals surface area contributed by atoms with E-state index in [4.69, 9.17) is 0 Å². The number of nitrogens with zero attached hydrogens (tertiary/aromatic N) is 2. The molecule has 0 unspecified atom stereocenters. The summed E-state index contributed by atoms with van der Waals surface area (Å²) >= 11 is 0. The van der Waals surface area contributed by atoms with Crippen molar-refractivity contribution in [2.45, 2.75) is 18.9 Å². The normalized spacial score (nSPS) is 17.8. The smallest absolute Gasteiger partial charge is 0.315 e. The van der Waals surface area contributed by atoms with Crippen LogP contribution in [0.15, 0.2) is 24.3 Å². The van der Waals surface area contributed by atoms with E-state index in [0.29, 0.717) is 26.2 Å². The van der Waals surface area contributed by atoms with Gasteiger partial charge in [-0.2, -0.15) is 0 Å². The highest BCUT2D eigenvalue weighted by Crippen LogP contribution is 2.18. The maximum atomic E-state index is 12.9. The molecule has 0 aromatic heterocycles. The maximum Gasteiger partial charge on any atom is 0.315 e. The zero-order valence-electron chi connectivity index (χ0n) is 12.9. The van der Waals surface area contributed by atoms with Gasteiger partial charge < -0.3 is 20.4 Å². The third-order valence-corrected chi connectivity index (χ3v) is 4.14. The first kappa shape index (κ1) is 15.6. The molecule has 2 aliphatic rings. The van der Waals surface area contributed by atoms with Gasteiger partial charge in [-0.05, 0) is 37.1 Å². The minimum atomic E-state index is -0.272. The minimum absolute atomic E-state index is 0.0229. The summed E-state index contributed by atoms with van der Waals surface area (Å²) in [7, 11) is 0. The molecule has 1 aromatic carbocycles. The van der Waals surface area contributed by atoms with E-state index in [2.05, 4.69) is 15.5 Å². The molecule has 1 aliphatic heterocycles. The number of hydrogen-bond acceptors (Lipinski definition) is 3. The lowest BCUT2D eigenvalue weighted by molar-refractivity contribution is -0.130. The van der Waals surface area contributed by atoms with E-state index < -0.39 is 0 Å². The van der Waals surface area contributed by atoms with Crippen LogP contribution < -0.4 is 15.5 Å². The molecule has 0 bridgehead atoms. The summed E-state index contributed by atoms with van der Waals surface area (Å²) in [6.45, 7) is 2.62. The van der Waals surface area contributed by atoms with E-state index in [-0.39, 0.29) is 30.3 Å². The van der Waals surface area contributed by atoms with Crippen LogP contribution in [0, 0.1) is 5.82 Å². The van der Waals surface area contributed by atoms with Crippen molar-refractivity contribution in [1.29, 1.82) is 0 Å². The number of benzene rings is 1. The summed E-state index contributed by atoms with van der Waals surface area (Å²) < 4.78 is 12.9. The molecule has 0 atom stereocenters. The Kier molecular flexibility index (Phi) is 4.64. The van der Waals surface area contributed by atoms with Crippen molar-refractivity contribution in [3.05, 3.63) is 30.1 Å². The van der Waals surface area contributed by atoms with E-state index in [9.17, 15) is 14.0 Å². The largest absolute Gasteiger partial charge is 0.368 e. The number of carbonyl (C=O) groups excluding carboxylic acids is 2. The van der Waals surface area contributed by atoms with Crippen molar-refractivity contribution < 1.29 is 14.0 Å². The number of hydrogen-bond donors (Lipinski definition) is 2. The number of amides is 3. The molecule has 1 aromatic rings. The third kappa shape index (κ3) is 4.34. The molecular weight excluding hydrogens is 299 g/mol. The lowest BCUT2D eigenvalue weighted by Gasteiger charge is -2.36. The summed E-state index contributed by atoms with van der Waals surface area (Å²) in [5.74, 6) is -0.326. The van der Waals surface area contributed by atoms with Gasteiger partial charge in [-0.3, -0.25) is 4.79 Å². The van der Waals surface area contributed by atoms with Gasteiger partial charge in [-0.25, -0.2) is 9.18 Å². The molecular formula is C16H21FN4O2. The Bertz CT molecular complexity index is 566. The van der Waals surface area contributed by atoms with Crippen LogP contribution in [0.2, 0.25) is 0 Å². The molecule has 124 valence electrons. The number of halogens is 1. The Hall–Kier alpha value is -2.31. The molecule has 1 saturated heterocycles. The highest BCUT2D eigenvalue weighted by molar-refractivity contribution is 5.84. The molecule has 3 rings (SSSR count). The zero-order chi connectivity index (χ0) is 16.2. The molecule has 0 spiro atoms. The Morgan fingerprint density at radius 3 is 2.35 bits per heavy atom. The van der Waals surface area contributed by atoms with Crippen molar-refractivity contribution in [3.63, 3.8) is 0 Å². The molecule has 23 heavy (non-hydrogen) atoms. The molecule has 6 nitrogen and oxygen atoms in total. The Morgan fingerprint density at radius 2 is 1.74 bits per heavy atom. The second-order valence-corrected chi connectivity index (χ2v) is 5.95. The quantitative estimate of drug-likeness (QED) is 0.868. The van der Waals surface area contributed by atoms with Crippen LogP contribution in [0.25, 0.3) is 0 Å². The maximum absolute atomic E-state index is 12.9. The summed E-state index contributed by atoms with van der Waals surface area (Å²) in [4.78, 5) is 27.5. The van der Waals surface area contributed by atoms with Crippen LogP contribution in [-0.4, -0.2) is 55.6 Å². The summed E-state index contributed by atoms with van der Waals surface area (Å²) in [6, 6.07) is 6.38. The van der Waals surface area contributed by atoms with Gasteiger partial charge in [0.15, 0.2) is 0 Å². The number of rotatable bonds is 4. The van der Waals surface area contributed by atoms with Gasteiger partial charge in [0, 0.05) is 37.9 Å². The molecule has 0 radical (unpaired) electrons. The molecule has 1 heterocycles. The van der Waals surface area contributed by atoms with E-state index in [1.54, 1.807) is 17.0 Å². The predicted octanol–water partition coefficient (Wildman–Crippen LogP) is 0.936. The highest BCUT2D eigenvalue weighted by atomic mass is 19.1. The lowest BCUT2D eigenvalue weighted by atomic mass is 10.2. The van der Waals surface area contributed by atoms with Crippen LogP contribution in [0.4, 0.5) is 14.9 Å². The number of carbonyl (C=O) groups is 2. The summed E-state index contributed by atoms with van der Waals surface area (Å²) in [5.41, 5.74) is 0.959. The second kappa shape index (κ2) is 6.85. The lowest BCUT2D eigenvalue weighted by Crippen LogP contribution is -2.52. The van der Waals surface area contributed by atoms with Gasteiger partial charge >= 0.3 is 6.03 Å². The highest BCUT2D eigenvalue weighted by Gasteiger charge is 2.24. The van der Waals surface area contributed by atoms with Gasteiger partial charge in [-0.15, -0.1) is 0 Å². The molecule has 1 aliphatic carbocycles. The van der Waals surface area contributed by atoms with Gasteiger partial charge in [0.05, 0.1) is 6.54 Å². The van der Waals surface area contributed by atoms with E-state index in [1.807, 2.05) is 0 Å². The Labute approximate surface area is 134 Å². The number of urea groups is 1. The van der Waals surface area contributed by atoms with Crippen molar-refractivity contribution in [1.82, 2.24) is 15.5 Å². The van der Waals surface area contributed by atoms with Crippen molar-refractivity contribution in [2.24, 2.45) is 0 Å². The van der Waals surface area contributed by atoms with Crippen LogP contribution in [-0.2, 0) is 4.79 Å².